The van der Waals surface area contributed by atoms with Gasteiger partial charge < -0.3 is 0 Å². The van der Waals surface area contributed by atoms with Crippen LogP contribution in [-0.2, 0) is 18.9 Å². The van der Waals surface area contributed by atoms with Crippen molar-refractivity contribution in [2.24, 2.45) is 0 Å². The average molecular weight is 994 g/mol. The Morgan fingerprint density at radius 1 is 0.483 bits per heavy atom. The van der Waals surface area contributed by atoms with Crippen LogP contribution >= 0.6 is 37.1 Å². The van der Waals surface area contributed by atoms with Gasteiger partial charge in [0, 0.05) is 0 Å². The van der Waals surface area contributed by atoms with Crippen LogP contribution in [0.15, 0.2) is 153 Å². The molecular weight excluding hydrogens is 955 g/mol. The number of hydrogen-bond donors (Lipinski definition) is 2. The number of nitrogens with zero attached hydrogens (tertiary/aromatic N) is 2. The summed E-state index contributed by atoms with van der Waals surface area (Å²) < 4.78 is 4.49. The van der Waals surface area contributed by atoms with Gasteiger partial charge in [0.2, 0.25) is 0 Å². The van der Waals surface area contributed by atoms with Gasteiger partial charge in [-0.3, -0.25) is 0 Å². The number of aromatic hydroxyl groups is 2. The SMILES string of the molecule is Cc1cc(-c2cscc2[S]2=[Hf]=[S](c3cscc3-c3cc(C)cc(-n4c5ccccc5c5ccccc54)c3O)CCC2)c(O)c(-n2c3ccccc3c3ccccc32)c1. The molecule has 11 rings (SSSR count). The van der Waals surface area contributed by atoms with Crippen LogP contribution < -0.4 is 0 Å². The summed E-state index contributed by atoms with van der Waals surface area (Å²) in [6, 6.07) is 42.7. The predicted octanol–water partition coefficient (Wildman–Crippen LogP) is 14.6. The van der Waals surface area contributed by atoms with Crippen molar-refractivity contribution in [2.45, 2.75) is 30.1 Å². The molecule has 0 saturated heterocycles. The fraction of sp³-hybridized carbons (Fsp3) is 0.102. The van der Waals surface area contributed by atoms with E-state index in [0.29, 0.717) is 11.5 Å². The molecule has 284 valence electrons. The molecule has 2 N–H and O–H groups in total. The molecule has 10 aromatic rings. The van der Waals surface area contributed by atoms with Gasteiger partial charge in [-0.05, 0) is 0 Å². The molecule has 58 heavy (non-hydrogen) atoms. The summed E-state index contributed by atoms with van der Waals surface area (Å²) in [5.74, 6) is 3.16. The summed E-state index contributed by atoms with van der Waals surface area (Å²) in [4.78, 5) is 2.90. The average Bonchev–Trinajstić information content (AvgIpc) is 4.06. The van der Waals surface area contributed by atoms with Gasteiger partial charge in [0.05, 0.1) is 0 Å². The van der Waals surface area contributed by atoms with Crippen molar-refractivity contribution >= 4 is 80.7 Å². The number of rotatable bonds is 6. The van der Waals surface area contributed by atoms with Crippen molar-refractivity contribution in [3.63, 3.8) is 0 Å². The summed E-state index contributed by atoms with van der Waals surface area (Å²) in [6.07, 6.45) is 1.20. The number of aromatic nitrogens is 2. The second-order valence-electron chi connectivity index (χ2n) is 15.0. The molecule has 6 aromatic carbocycles. The molecule has 0 spiro atoms. The first-order valence-corrected chi connectivity index (χ1v) is 32.9. The van der Waals surface area contributed by atoms with Crippen molar-refractivity contribution in [3.05, 3.63) is 154 Å². The van der Waals surface area contributed by atoms with E-state index in [9.17, 15) is 10.2 Å². The van der Waals surface area contributed by atoms with Crippen LogP contribution in [0.25, 0.3) is 77.2 Å². The fourth-order valence-corrected chi connectivity index (χ4v) is 44.0. The minimum absolute atomic E-state index is 0.196. The maximum atomic E-state index is 12.3. The zero-order valence-corrected chi connectivity index (χ0v) is 38.8. The Morgan fingerprint density at radius 2 is 0.845 bits per heavy atom. The van der Waals surface area contributed by atoms with Gasteiger partial charge in [0.15, 0.2) is 0 Å². The molecule has 4 nitrogen and oxygen atoms in total. The Bertz CT molecular complexity index is 3050. The van der Waals surface area contributed by atoms with Gasteiger partial charge in [0.1, 0.15) is 0 Å². The second kappa shape index (κ2) is 14.6. The minimum atomic E-state index is -1.29. The monoisotopic (exact) mass is 994 g/mol. The Labute approximate surface area is 356 Å². The van der Waals surface area contributed by atoms with E-state index >= 15 is 0 Å². The first-order valence-electron chi connectivity index (χ1n) is 19.4. The van der Waals surface area contributed by atoms with E-state index in [0.717, 1.165) is 55.7 Å². The molecular formula is C49H38HfN2O2S4. The molecule has 2 atom stereocenters. The Morgan fingerprint density at radius 3 is 1.22 bits per heavy atom. The van der Waals surface area contributed by atoms with Crippen molar-refractivity contribution in [3.8, 4) is 45.1 Å². The number of benzene rings is 6. The standard InChI is InChI=1S/C49H38N2O2S4.Hf/c1-30-22-36(48(52)44(24-30)50-40-16-7-3-12-32(40)33-13-4-8-17-41(33)50)38-26-54-28-46(38)56-20-11-21-57-47-29-55-27-39(47)37-23-31(2)25-45(49(37)53)51-42-18-9-5-14-34(42)35-15-6-10-19-43(35)51;/h3-10,12-19,22-29,52-53H,11,20-21H2,1-2H3;. The van der Waals surface area contributed by atoms with Crippen LogP contribution in [0.1, 0.15) is 17.5 Å². The molecule has 0 radical (unpaired) electrons. The first kappa shape index (κ1) is 36.6. The molecule has 9 heteroatoms. The van der Waals surface area contributed by atoms with Crippen LogP contribution in [0, 0.1) is 13.8 Å². The quantitative estimate of drug-likeness (QED) is 0.163. The summed E-state index contributed by atoms with van der Waals surface area (Å²) >= 11 is 2.25. The normalized spacial score (nSPS) is 15.7. The van der Waals surface area contributed by atoms with Crippen LogP contribution in [0.2, 0.25) is 0 Å². The van der Waals surface area contributed by atoms with Crippen molar-refractivity contribution in [1.29, 1.82) is 0 Å². The van der Waals surface area contributed by atoms with Gasteiger partial charge in [-0.15, -0.1) is 0 Å². The molecule has 2 unspecified atom stereocenters. The van der Waals surface area contributed by atoms with Crippen LogP contribution in [0.4, 0.5) is 0 Å². The summed E-state index contributed by atoms with van der Waals surface area (Å²) in [5.41, 5.74) is 12.6. The van der Waals surface area contributed by atoms with Crippen LogP contribution in [0.3, 0.4) is 0 Å². The number of phenols is 2. The van der Waals surface area contributed by atoms with Crippen molar-refractivity contribution in [2.75, 3.05) is 11.5 Å². The Hall–Kier alpha value is -4.51. The number of thiophene rings is 2. The molecule has 0 fully saturated rings. The molecule has 5 heterocycles. The van der Waals surface area contributed by atoms with Crippen LogP contribution in [-0.4, -0.2) is 30.9 Å². The molecule has 0 bridgehead atoms. The van der Waals surface area contributed by atoms with E-state index in [1.54, 1.807) is 22.7 Å². The molecule has 1 aliphatic rings. The second-order valence-corrected chi connectivity index (χ2v) is 36.5. The van der Waals surface area contributed by atoms with E-state index in [1.165, 1.54) is 60.4 Å². The summed E-state index contributed by atoms with van der Waals surface area (Å²) in [5, 5.41) is 38.7. The number of hydrogen-bond acceptors (Lipinski definition) is 4. The van der Waals surface area contributed by atoms with Gasteiger partial charge in [-0.1, -0.05) is 0 Å². The topological polar surface area (TPSA) is 50.3 Å². The van der Waals surface area contributed by atoms with Gasteiger partial charge in [-0.25, -0.2) is 0 Å². The third-order valence-corrected chi connectivity index (χ3v) is 40.0. The number of phenolic OH excluding ortho intramolecular Hbond substituents is 2. The van der Waals surface area contributed by atoms with E-state index in [2.05, 4.69) is 166 Å². The van der Waals surface area contributed by atoms with E-state index in [-0.39, 0.29) is 14.4 Å². The number of fused-ring (bicyclic) bond motifs is 6. The van der Waals surface area contributed by atoms with Gasteiger partial charge in [-0.2, -0.15) is 0 Å². The fourth-order valence-electron chi connectivity index (χ4n) is 8.84. The zero-order chi connectivity index (χ0) is 39.1. The van der Waals surface area contributed by atoms with Gasteiger partial charge in [0.25, 0.3) is 0 Å². The first-order chi connectivity index (χ1) is 28.4. The van der Waals surface area contributed by atoms with Crippen molar-refractivity contribution in [1.82, 2.24) is 9.13 Å². The summed E-state index contributed by atoms with van der Waals surface area (Å²) in [7, 11) is 0.393. The predicted molar refractivity (Wildman–Crippen MR) is 247 cm³/mol. The molecule has 1 aliphatic heterocycles. The molecule has 4 aromatic heterocycles. The number of aryl methyl sites for hydroxylation is 2. The Balaban J connectivity index is 1.04. The zero-order valence-electron chi connectivity index (χ0n) is 31.9. The molecule has 0 amide bonds. The van der Waals surface area contributed by atoms with Gasteiger partial charge >= 0.3 is 360 Å². The third-order valence-electron chi connectivity index (χ3n) is 11.4. The maximum absolute atomic E-state index is 12.3. The molecule has 0 saturated carbocycles. The van der Waals surface area contributed by atoms with Crippen LogP contribution in [0.5, 0.6) is 11.5 Å². The summed E-state index contributed by atoms with van der Waals surface area (Å²) in [6.45, 7) is 4.30. The van der Waals surface area contributed by atoms with E-state index in [4.69, 9.17) is 0 Å². The molecule has 0 aliphatic carbocycles. The number of para-hydroxylation sites is 4. The Kier molecular flexibility index (Phi) is 9.23. The van der Waals surface area contributed by atoms with E-state index < -0.39 is 18.9 Å². The van der Waals surface area contributed by atoms with Crippen molar-refractivity contribution < 1.29 is 29.1 Å². The van der Waals surface area contributed by atoms with E-state index in [1.807, 2.05) is 0 Å². The third kappa shape index (κ3) is 5.87.